The first-order valence-electron chi connectivity index (χ1n) is 8.45. The second-order valence-electron chi connectivity index (χ2n) is 6.32. The molecule has 1 amide bonds. The topological polar surface area (TPSA) is 90.0 Å². The van der Waals surface area contributed by atoms with Crippen LogP contribution in [0.5, 0.6) is 0 Å². The molecule has 2 atom stereocenters. The average molecular weight is 409 g/mol. The fourth-order valence-corrected chi connectivity index (χ4v) is 3.16. The number of rotatable bonds is 3. The molecule has 1 aliphatic rings. The van der Waals surface area contributed by atoms with Crippen LogP contribution in [-0.4, -0.2) is 46.2 Å². The maximum absolute atomic E-state index is 12.5. The van der Waals surface area contributed by atoms with Crippen molar-refractivity contribution in [3.63, 3.8) is 0 Å². The number of piperidine rings is 1. The van der Waals surface area contributed by atoms with E-state index in [-0.39, 0.29) is 36.8 Å². The Hall–Kier alpha value is -2.12. The summed E-state index contributed by atoms with van der Waals surface area (Å²) in [5.74, 6) is 0.557. The SMILES string of the molecule is Cl.Cl.O=C(N[C@@H]1CCNC[C@H]1O)c1cccc(-c2nc3ccccc3[nH]2)c1. The fraction of sp³-hybridized carbons (Fsp3) is 0.263. The molecule has 0 saturated carbocycles. The summed E-state index contributed by atoms with van der Waals surface area (Å²) in [7, 11) is 0. The number of carbonyl (C=O) groups is 1. The summed E-state index contributed by atoms with van der Waals surface area (Å²) in [6.07, 6.45) is 0.159. The number of nitrogens with one attached hydrogen (secondary N) is 3. The first-order chi connectivity index (χ1) is 12.2. The molecule has 144 valence electrons. The number of benzene rings is 2. The third-order valence-corrected chi connectivity index (χ3v) is 4.55. The van der Waals surface area contributed by atoms with Crippen molar-refractivity contribution in [3.8, 4) is 11.4 Å². The summed E-state index contributed by atoms with van der Waals surface area (Å²) in [5.41, 5.74) is 3.27. The molecule has 2 heterocycles. The first-order valence-corrected chi connectivity index (χ1v) is 8.45. The summed E-state index contributed by atoms with van der Waals surface area (Å²) in [6.45, 7) is 1.30. The molecule has 3 aromatic rings. The molecule has 6 nitrogen and oxygen atoms in total. The Morgan fingerprint density at radius 1 is 1.15 bits per heavy atom. The van der Waals surface area contributed by atoms with Gasteiger partial charge in [-0.3, -0.25) is 4.79 Å². The van der Waals surface area contributed by atoms with E-state index in [9.17, 15) is 9.90 Å². The van der Waals surface area contributed by atoms with Gasteiger partial charge in [-0.25, -0.2) is 4.98 Å². The van der Waals surface area contributed by atoms with E-state index in [4.69, 9.17) is 0 Å². The highest BCUT2D eigenvalue weighted by molar-refractivity contribution is 5.95. The highest BCUT2D eigenvalue weighted by Crippen LogP contribution is 2.21. The van der Waals surface area contributed by atoms with Crippen LogP contribution in [0, 0.1) is 0 Å². The second-order valence-corrected chi connectivity index (χ2v) is 6.32. The van der Waals surface area contributed by atoms with Gasteiger partial charge in [0.15, 0.2) is 0 Å². The lowest BCUT2D eigenvalue weighted by Crippen LogP contribution is -2.52. The van der Waals surface area contributed by atoms with Crippen LogP contribution < -0.4 is 10.6 Å². The first kappa shape index (κ1) is 21.2. The zero-order valence-corrected chi connectivity index (χ0v) is 16.1. The Kier molecular flexibility index (Phi) is 7.21. The third-order valence-electron chi connectivity index (χ3n) is 4.55. The number of nitrogens with zero attached hydrogens (tertiary/aromatic N) is 1. The summed E-state index contributed by atoms with van der Waals surface area (Å²) in [5, 5.41) is 16.0. The van der Waals surface area contributed by atoms with E-state index in [0.29, 0.717) is 12.1 Å². The van der Waals surface area contributed by atoms with Gasteiger partial charge in [-0.05, 0) is 37.2 Å². The number of fused-ring (bicyclic) bond motifs is 1. The van der Waals surface area contributed by atoms with Crippen molar-refractivity contribution in [1.29, 1.82) is 0 Å². The number of aliphatic hydroxyl groups is 1. The van der Waals surface area contributed by atoms with Gasteiger partial charge in [0.05, 0.1) is 23.2 Å². The molecule has 1 aromatic heterocycles. The number of aromatic amines is 1. The Bertz CT molecular complexity index is 882. The van der Waals surface area contributed by atoms with Crippen LogP contribution in [0.4, 0.5) is 0 Å². The minimum Gasteiger partial charge on any atom is -0.390 e. The van der Waals surface area contributed by atoms with Crippen molar-refractivity contribution in [2.45, 2.75) is 18.6 Å². The normalized spacial score (nSPS) is 19.0. The smallest absolute Gasteiger partial charge is 0.251 e. The van der Waals surface area contributed by atoms with E-state index in [0.717, 1.165) is 35.4 Å². The van der Waals surface area contributed by atoms with Crippen LogP contribution in [0.25, 0.3) is 22.4 Å². The van der Waals surface area contributed by atoms with Crippen molar-refractivity contribution >= 4 is 41.8 Å². The molecular weight excluding hydrogens is 387 g/mol. The molecule has 1 saturated heterocycles. The van der Waals surface area contributed by atoms with Crippen molar-refractivity contribution in [2.75, 3.05) is 13.1 Å². The number of halogens is 2. The quantitative estimate of drug-likeness (QED) is 0.535. The Balaban J connectivity index is 0.00000131. The minimum atomic E-state index is -0.559. The highest BCUT2D eigenvalue weighted by atomic mass is 35.5. The highest BCUT2D eigenvalue weighted by Gasteiger charge is 2.24. The van der Waals surface area contributed by atoms with Gasteiger partial charge in [-0.2, -0.15) is 0 Å². The zero-order chi connectivity index (χ0) is 17.2. The number of imidazole rings is 1. The number of aromatic nitrogens is 2. The van der Waals surface area contributed by atoms with Crippen LogP contribution >= 0.6 is 24.8 Å². The lowest BCUT2D eigenvalue weighted by atomic mass is 10.0. The maximum Gasteiger partial charge on any atom is 0.251 e. The van der Waals surface area contributed by atoms with Crippen LogP contribution in [0.1, 0.15) is 16.8 Å². The number of hydrogen-bond donors (Lipinski definition) is 4. The van der Waals surface area contributed by atoms with Crippen LogP contribution in [-0.2, 0) is 0 Å². The largest absolute Gasteiger partial charge is 0.390 e. The number of para-hydroxylation sites is 2. The van der Waals surface area contributed by atoms with Gasteiger partial charge in [0.25, 0.3) is 5.91 Å². The summed E-state index contributed by atoms with van der Waals surface area (Å²) in [6, 6.07) is 15.0. The van der Waals surface area contributed by atoms with Crippen LogP contribution in [0.15, 0.2) is 48.5 Å². The van der Waals surface area contributed by atoms with Crippen LogP contribution in [0.2, 0.25) is 0 Å². The van der Waals surface area contributed by atoms with Gasteiger partial charge in [0.1, 0.15) is 5.82 Å². The van der Waals surface area contributed by atoms with E-state index >= 15 is 0 Å². The van der Waals surface area contributed by atoms with E-state index in [1.54, 1.807) is 6.07 Å². The molecule has 4 rings (SSSR count). The molecule has 0 aliphatic carbocycles. The van der Waals surface area contributed by atoms with Gasteiger partial charge >= 0.3 is 0 Å². The molecule has 0 unspecified atom stereocenters. The number of hydrogen-bond acceptors (Lipinski definition) is 4. The van der Waals surface area contributed by atoms with Gasteiger partial charge in [0, 0.05) is 17.7 Å². The fourth-order valence-electron chi connectivity index (χ4n) is 3.16. The van der Waals surface area contributed by atoms with E-state index in [1.165, 1.54) is 0 Å². The van der Waals surface area contributed by atoms with E-state index in [2.05, 4.69) is 20.6 Å². The Labute approximate surface area is 169 Å². The number of amides is 1. The molecule has 27 heavy (non-hydrogen) atoms. The lowest BCUT2D eigenvalue weighted by molar-refractivity contribution is 0.0765. The monoisotopic (exact) mass is 408 g/mol. The predicted octanol–water partition coefficient (Wildman–Crippen LogP) is 2.53. The molecule has 0 spiro atoms. The number of H-pyrrole nitrogens is 1. The maximum atomic E-state index is 12.5. The van der Waals surface area contributed by atoms with Gasteiger partial charge in [-0.15, -0.1) is 24.8 Å². The molecule has 2 aromatic carbocycles. The molecule has 0 radical (unpaired) electrons. The van der Waals surface area contributed by atoms with E-state index < -0.39 is 6.10 Å². The van der Waals surface area contributed by atoms with Crippen LogP contribution in [0.3, 0.4) is 0 Å². The summed E-state index contributed by atoms with van der Waals surface area (Å²) in [4.78, 5) is 20.4. The number of aliphatic hydroxyl groups excluding tert-OH is 1. The summed E-state index contributed by atoms with van der Waals surface area (Å²) >= 11 is 0. The van der Waals surface area contributed by atoms with Crippen molar-refractivity contribution < 1.29 is 9.90 Å². The molecular formula is C19H22Cl2N4O2. The molecule has 8 heteroatoms. The molecule has 4 N–H and O–H groups in total. The molecule has 1 aliphatic heterocycles. The van der Waals surface area contributed by atoms with E-state index in [1.807, 2.05) is 42.5 Å². The predicted molar refractivity (Wildman–Crippen MR) is 111 cm³/mol. The minimum absolute atomic E-state index is 0. The second kappa shape index (κ2) is 9.19. The van der Waals surface area contributed by atoms with Gasteiger partial charge in [0.2, 0.25) is 0 Å². The number of β-amino-alcohol motifs (C(OH)–C–C–N with tert-alkyl or cyclic N) is 1. The average Bonchev–Trinajstić information content (AvgIpc) is 3.08. The third kappa shape index (κ3) is 4.59. The number of carbonyl (C=O) groups excluding carboxylic acids is 1. The van der Waals surface area contributed by atoms with Crippen molar-refractivity contribution in [1.82, 2.24) is 20.6 Å². The van der Waals surface area contributed by atoms with Gasteiger partial charge < -0.3 is 20.7 Å². The summed E-state index contributed by atoms with van der Waals surface area (Å²) < 4.78 is 0. The Morgan fingerprint density at radius 2 is 1.96 bits per heavy atom. The van der Waals surface area contributed by atoms with Crippen molar-refractivity contribution in [2.24, 2.45) is 0 Å². The van der Waals surface area contributed by atoms with Crippen molar-refractivity contribution in [3.05, 3.63) is 54.1 Å². The lowest BCUT2D eigenvalue weighted by Gasteiger charge is -2.29. The zero-order valence-electron chi connectivity index (χ0n) is 14.5. The molecule has 0 bridgehead atoms. The standard InChI is InChI=1S/C19H20N4O2.2ClH/c24-17-11-20-9-8-16(17)23-19(25)13-5-3-4-12(10-13)18-21-14-6-1-2-7-15(14)22-18;;/h1-7,10,16-17,20,24H,8-9,11H2,(H,21,22)(H,23,25);2*1H/t16-,17-;;/m1../s1. The van der Waals surface area contributed by atoms with Gasteiger partial charge in [-0.1, -0.05) is 24.3 Å². The Morgan fingerprint density at radius 3 is 2.74 bits per heavy atom. The molecule has 1 fully saturated rings.